The average molecular weight is 864 g/mol. The summed E-state index contributed by atoms with van der Waals surface area (Å²) in [4.78, 5) is 51.9. The number of hydrogen-bond donors (Lipinski definition) is 4. The number of aromatic carboxylic acids is 1. The van der Waals surface area contributed by atoms with Crippen LogP contribution in [-0.2, 0) is 39.5 Å². The predicted molar refractivity (Wildman–Crippen MR) is 221 cm³/mol. The maximum absolute atomic E-state index is 12.4. The molecule has 0 atom stereocenters. The summed E-state index contributed by atoms with van der Waals surface area (Å²) < 4.78 is 75.9. The van der Waals surface area contributed by atoms with Crippen molar-refractivity contribution in [3.8, 4) is 11.5 Å². The number of hydrogen-bond acceptors (Lipinski definition) is 12. The van der Waals surface area contributed by atoms with Crippen LogP contribution in [-0.4, -0.2) is 82.4 Å². The molecule has 4 heterocycles. The summed E-state index contributed by atoms with van der Waals surface area (Å²) in [6, 6.07) is 13.2. The van der Waals surface area contributed by atoms with E-state index in [0.29, 0.717) is 71.8 Å². The van der Waals surface area contributed by atoms with E-state index in [4.69, 9.17) is 4.74 Å². The lowest BCUT2D eigenvalue weighted by Gasteiger charge is -2.34. The van der Waals surface area contributed by atoms with Crippen molar-refractivity contribution >= 4 is 66.4 Å². The number of carboxylic acid groups (broad SMARTS) is 1. The van der Waals surface area contributed by atoms with E-state index < -0.39 is 66.6 Å². The van der Waals surface area contributed by atoms with Gasteiger partial charge in [0.1, 0.15) is 17.3 Å². The van der Waals surface area contributed by atoms with Gasteiger partial charge in [0, 0.05) is 67.3 Å². The topological polar surface area (TPSA) is 248 Å². The van der Waals surface area contributed by atoms with Gasteiger partial charge in [0.2, 0.25) is 5.36 Å². The molecule has 0 bridgehead atoms. The first-order chi connectivity index (χ1) is 27.9. The third kappa shape index (κ3) is 10.7. The zero-order valence-electron chi connectivity index (χ0n) is 33.6. The Morgan fingerprint density at radius 3 is 2.03 bits per heavy atom. The van der Waals surface area contributed by atoms with E-state index >= 15 is 0 Å². The van der Waals surface area contributed by atoms with Crippen LogP contribution in [0.3, 0.4) is 0 Å². The van der Waals surface area contributed by atoms with Crippen LogP contribution in [0.15, 0.2) is 87.0 Å². The number of nitrogens with one attached hydrogen (secondary N) is 2. The molecule has 318 valence electrons. The molecular formula is C42H45N3O13S2. The van der Waals surface area contributed by atoms with Crippen LogP contribution in [0.4, 0.5) is 5.69 Å². The molecule has 7 rings (SSSR count). The van der Waals surface area contributed by atoms with Gasteiger partial charge < -0.3 is 24.6 Å². The number of carboxylic acids is 1. The third-order valence-corrected chi connectivity index (χ3v) is 10.3. The Hall–Kier alpha value is -6.21. The maximum atomic E-state index is 12.4. The monoisotopic (exact) mass is 863 g/mol. The van der Waals surface area contributed by atoms with E-state index in [1.54, 1.807) is 54.6 Å². The van der Waals surface area contributed by atoms with Crippen molar-refractivity contribution in [2.24, 2.45) is 0 Å². The maximum Gasteiger partial charge on any atom is 0.336 e. The minimum Gasteiger partial charge on any atom is -0.748 e. The fourth-order valence-corrected chi connectivity index (χ4v) is 8.36. The average Bonchev–Trinajstić information content (AvgIpc) is 3.44. The zero-order valence-corrected chi connectivity index (χ0v) is 35.2. The van der Waals surface area contributed by atoms with Gasteiger partial charge >= 0.3 is 11.9 Å². The summed E-state index contributed by atoms with van der Waals surface area (Å²) in [5.74, 6) is -3.42. The molecule has 0 saturated carbocycles. The second-order valence-corrected chi connectivity index (χ2v) is 17.6. The first kappa shape index (κ1) is 46.5. The van der Waals surface area contributed by atoms with E-state index in [1.165, 1.54) is 6.07 Å². The highest BCUT2D eigenvalue weighted by Crippen LogP contribution is 2.44. The Labute approximate surface area is 347 Å². The van der Waals surface area contributed by atoms with Crippen LogP contribution in [0.2, 0.25) is 0 Å². The molecule has 4 aliphatic rings. The molecule has 3 aromatic rings. The number of rotatable bonds is 7. The number of fused-ring (bicyclic) bond motifs is 4. The highest BCUT2D eigenvalue weighted by atomic mass is 32.2. The van der Waals surface area contributed by atoms with Crippen molar-refractivity contribution in [1.82, 2.24) is 5.06 Å². The number of benzene rings is 3. The van der Waals surface area contributed by atoms with Crippen molar-refractivity contribution in [3.63, 3.8) is 0 Å². The summed E-state index contributed by atoms with van der Waals surface area (Å²) in [5, 5.41) is 15.0. The van der Waals surface area contributed by atoms with Crippen LogP contribution in [0, 0.1) is 0 Å². The lowest BCUT2D eigenvalue weighted by molar-refractivity contribution is -0.568. The number of nitrogens with zero attached hydrogens (tertiary/aromatic N) is 1. The number of hydroxylamine groups is 2. The van der Waals surface area contributed by atoms with E-state index in [-0.39, 0.29) is 18.4 Å². The molecule has 16 nitrogen and oxygen atoms in total. The lowest BCUT2D eigenvalue weighted by Crippen LogP contribution is -2.89. The second-order valence-electron chi connectivity index (χ2n) is 14.7. The molecule has 0 radical (unpaired) electrons. The highest BCUT2D eigenvalue weighted by Gasteiger charge is 2.34. The van der Waals surface area contributed by atoms with Crippen LogP contribution in [0.25, 0.3) is 16.7 Å². The Bertz CT molecular complexity index is 2700. The van der Waals surface area contributed by atoms with Crippen molar-refractivity contribution in [1.29, 1.82) is 0 Å². The van der Waals surface area contributed by atoms with Gasteiger partial charge in [-0.25, -0.2) is 23.0 Å². The summed E-state index contributed by atoms with van der Waals surface area (Å²) in [5.41, 5.74) is 1.94. The van der Waals surface area contributed by atoms with E-state index in [1.807, 2.05) is 27.7 Å². The van der Waals surface area contributed by atoms with Crippen LogP contribution in [0.5, 0.6) is 11.5 Å². The van der Waals surface area contributed by atoms with Crippen molar-refractivity contribution in [3.05, 3.63) is 125 Å². The van der Waals surface area contributed by atoms with Crippen LogP contribution in [0.1, 0.15) is 80.1 Å². The molecule has 0 spiro atoms. The van der Waals surface area contributed by atoms with Gasteiger partial charge in [-0.2, -0.15) is 8.42 Å². The molecule has 2 amide bonds. The van der Waals surface area contributed by atoms with Gasteiger partial charge in [-0.1, -0.05) is 24.3 Å². The van der Waals surface area contributed by atoms with Gasteiger partial charge in [-0.3, -0.25) is 14.1 Å². The minimum absolute atomic E-state index is 0.00754. The van der Waals surface area contributed by atoms with Crippen molar-refractivity contribution in [2.45, 2.75) is 58.5 Å². The quantitative estimate of drug-likeness (QED) is 0.119. The van der Waals surface area contributed by atoms with Crippen LogP contribution < -0.4 is 25.6 Å². The number of anilines is 1. The molecular weight excluding hydrogens is 819 g/mol. The SMILES string of the molecule is C=C.C=C.CC(=O)ON1C(=O)CCC1=O.CC1(C)C=C(CS(=O)(=O)[O-])c2cc3c(cc2N1)Oc1cc2c(cc1=C3c1ccccc1C(=O)O)C(CS(=O)(=O)O)=CC(C)(C)[NH+]=2. The summed E-state index contributed by atoms with van der Waals surface area (Å²) >= 11 is 0. The number of amides is 2. The Morgan fingerprint density at radius 2 is 1.47 bits per heavy atom. The molecule has 1 fully saturated rings. The Morgan fingerprint density at radius 1 is 0.867 bits per heavy atom. The smallest absolute Gasteiger partial charge is 0.336 e. The number of carbonyl (C=O) groups excluding carboxylic acids is 3. The lowest BCUT2D eigenvalue weighted by atomic mass is 9.84. The predicted octanol–water partition coefficient (Wildman–Crippen LogP) is 2.85. The molecule has 4 N–H and O–H groups in total. The molecule has 0 aromatic heterocycles. The molecule has 18 heteroatoms. The third-order valence-electron chi connectivity index (χ3n) is 9.00. The van der Waals surface area contributed by atoms with E-state index in [2.05, 4.69) is 41.5 Å². The highest BCUT2D eigenvalue weighted by molar-refractivity contribution is 7.86. The Kier molecular flexibility index (Phi) is 13.6. The molecule has 0 aliphatic carbocycles. The van der Waals surface area contributed by atoms with Crippen molar-refractivity contribution < 1.29 is 64.8 Å². The molecule has 1 saturated heterocycles. The number of ether oxygens (including phenoxy) is 1. The fraction of sp³-hybridized carbons (Fsp3) is 0.262. The summed E-state index contributed by atoms with van der Waals surface area (Å²) in [6.45, 7) is 20.5. The van der Waals surface area contributed by atoms with Crippen molar-refractivity contribution in [2.75, 3.05) is 16.8 Å². The summed E-state index contributed by atoms with van der Waals surface area (Å²) in [7, 11) is -9.07. The van der Waals surface area contributed by atoms with Gasteiger partial charge in [-0.05, 0) is 54.8 Å². The summed E-state index contributed by atoms with van der Waals surface area (Å²) in [6.07, 6.45) is 3.65. The number of carbonyl (C=O) groups is 4. The van der Waals surface area contributed by atoms with E-state index in [9.17, 15) is 50.2 Å². The first-order valence-electron chi connectivity index (χ1n) is 18.1. The standard InChI is InChI=1S/C32H30N2O9S2.C6H7NO4.2C2H4/c1-31(2)13-17(15-44(37,38)39)21-9-23-27(11-25(21)33-31)43-28-12-26-22(18(16-45(40,41)42)14-32(3,4)34-26)10-24(28)29(23)19-7-5-6-8-20(19)30(35)36;1-4(8)11-7-5(9)2-3-6(7)10;2*1-2/h5-14,33H,15-16H2,1-4H3,(H,35,36)(H,37,38,39)(H,40,41,42);2-3H2,1H3;2*1-2H2. The zero-order chi connectivity index (χ0) is 45.1. The largest absolute Gasteiger partial charge is 0.748 e. The van der Waals surface area contributed by atoms with Gasteiger partial charge in [-0.15, -0.1) is 31.4 Å². The Balaban J connectivity index is 0.000000453. The van der Waals surface area contributed by atoms with Gasteiger partial charge in [0.25, 0.3) is 21.9 Å². The number of imide groups is 1. The van der Waals surface area contributed by atoms with Crippen LogP contribution >= 0.6 is 0 Å². The molecule has 3 aromatic carbocycles. The van der Waals surface area contributed by atoms with E-state index in [0.717, 1.165) is 6.92 Å². The van der Waals surface area contributed by atoms with Gasteiger partial charge in [0.15, 0.2) is 5.54 Å². The second kappa shape index (κ2) is 17.6. The normalized spacial score (nSPS) is 16.5. The molecule has 60 heavy (non-hydrogen) atoms. The minimum atomic E-state index is -4.66. The fourth-order valence-electron chi connectivity index (χ4n) is 7.10. The first-order valence-corrected chi connectivity index (χ1v) is 21.3. The van der Waals surface area contributed by atoms with Gasteiger partial charge in [0.05, 0.1) is 38.6 Å². The molecule has 4 aliphatic heterocycles. The molecule has 0 unspecified atom stereocenters.